The van der Waals surface area contributed by atoms with Crippen LogP contribution < -0.4 is 9.64 Å². The van der Waals surface area contributed by atoms with Crippen LogP contribution >= 0.6 is 0 Å². The molecule has 0 bridgehead atoms. The van der Waals surface area contributed by atoms with Crippen LogP contribution in [0.3, 0.4) is 0 Å². The molecule has 33 heavy (non-hydrogen) atoms. The van der Waals surface area contributed by atoms with Crippen molar-refractivity contribution in [1.82, 2.24) is 4.90 Å². The molecule has 1 saturated heterocycles. The Bertz CT molecular complexity index is 1090. The largest absolute Gasteiger partial charge is 0.490 e. The van der Waals surface area contributed by atoms with Crippen molar-refractivity contribution in [2.75, 3.05) is 31.1 Å². The second-order valence-electron chi connectivity index (χ2n) is 10.2. The molecular weight excluding hydrogens is 426 g/mol. The van der Waals surface area contributed by atoms with Crippen molar-refractivity contribution >= 4 is 11.8 Å². The van der Waals surface area contributed by atoms with Crippen molar-refractivity contribution in [3.8, 4) is 16.9 Å². The highest BCUT2D eigenvalue weighted by atomic mass is 19.1. The van der Waals surface area contributed by atoms with Gasteiger partial charge >= 0.3 is 6.09 Å². The Morgan fingerprint density at radius 1 is 1.21 bits per heavy atom. The average molecular weight is 457 g/mol. The maximum Gasteiger partial charge on any atom is 0.410 e. The minimum Gasteiger partial charge on any atom is -0.490 e. The zero-order valence-corrected chi connectivity index (χ0v) is 19.6. The number of nitrogens with zero attached hydrogens (tertiary/aromatic N) is 2. The van der Waals surface area contributed by atoms with Gasteiger partial charge in [0.2, 0.25) is 0 Å². The van der Waals surface area contributed by atoms with E-state index in [1.54, 1.807) is 11.0 Å². The fourth-order valence-electron chi connectivity index (χ4n) is 5.82. The standard InChI is InChI=1S/C26H30F2N2O3/c1-5-26-9-10-29(24(31)33-25(2,3)4)15-18(26)17-13-16(22-19(27)7-6-8-20(22)28)14-21-23(17)30(26)11-12-32-21/h6-8,13-14,18H,5,9-12,15H2,1-4H3. The summed E-state index contributed by atoms with van der Waals surface area (Å²) in [6.45, 7) is 10.1. The molecule has 0 spiro atoms. The van der Waals surface area contributed by atoms with Gasteiger partial charge in [-0.2, -0.15) is 0 Å². The van der Waals surface area contributed by atoms with Gasteiger partial charge in [-0.1, -0.05) is 13.0 Å². The molecule has 5 nitrogen and oxygen atoms in total. The van der Waals surface area contributed by atoms with E-state index < -0.39 is 17.2 Å². The molecule has 0 radical (unpaired) electrons. The monoisotopic (exact) mass is 456 g/mol. The van der Waals surface area contributed by atoms with E-state index >= 15 is 0 Å². The van der Waals surface area contributed by atoms with Crippen LogP contribution in [0.15, 0.2) is 30.3 Å². The number of halogens is 2. The quantitative estimate of drug-likeness (QED) is 0.580. The summed E-state index contributed by atoms with van der Waals surface area (Å²) in [5.41, 5.74) is 1.66. The van der Waals surface area contributed by atoms with Gasteiger partial charge in [-0.3, -0.25) is 0 Å². The zero-order valence-electron chi connectivity index (χ0n) is 19.6. The molecule has 0 saturated carbocycles. The Morgan fingerprint density at radius 2 is 1.94 bits per heavy atom. The van der Waals surface area contributed by atoms with Crippen LogP contribution in [-0.4, -0.2) is 48.4 Å². The Morgan fingerprint density at radius 3 is 2.61 bits per heavy atom. The molecule has 1 amide bonds. The zero-order chi connectivity index (χ0) is 23.5. The van der Waals surface area contributed by atoms with Crippen LogP contribution in [0.25, 0.3) is 11.1 Å². The van der Waals surface area contributed by atoms with Gasteiger partial charge in [-0.05, 0) is 69.0 Å². The normalized spacial score (nSPS) is 23.6. The number of likely N-dealkylation sites (tertiary alicyclic amines) is 1. The van der Waals surface area contributed by atoms with Gasteiger partial charge in [0, 0.05) is 19.0 Å². The van der Waals surface area contributed by atoms with E-state index in [-0.39, 0.29) is 23.1 Å². The van der Waals surface area contributed by atoms with Crippen LogP contribution in [0.5, 0.6) is 5.75 Å². The first-order valence-electron chi connectivity index (χ1n) is 11.7. The number of rotatable bonds is 2. The van der Waals surface area contributed by atoms with Crippen LogP contribution in [-0.2, 0) is 4.74 Å². The molecule has 0 N–H and O–H groups in total. The third kappa shape index (κ3) is 3.44. The third-order valence-corrected chi connectivity index (χ3v) is 7.24. The predicted octanol–water partition coefficient (Wildman–Crippen LogP) is 5.72. The number of hydrogen-bond acceptors (Lipinski definition) is 4. The van der Waals surface area contributed by atoms with Crippen LogP contribution in [0.1, 0.15) is 52.0 Å². The van der Waals surface area contributed by atoms with E-state index in [0.29, 0.717) is 31.0 Å². The van der Waals surface area contributed by atoms with Crippen LogP contribution in [0, 0.1) is 11.6 Å². The lowest BCUT2D eigenvalue weighted by Gasteiger charge is -2.49. The fourth-order valence-corrected chi connectivity index (χ4v) is 5.82. The minimum atomic E-state index is -0.603. The maximum absolute atomic E-state index is 14.7. The molecule has 2 aromatic rings. The molecule has 3 aliphatic rings. The Kier molecular flexibility index (Phi) is 5.07. The lowest BCUT2D eigenvalue weighted by molar-refractivity contribution is 0.0135. The summed E-state index contributed by atoms with van der Waals surface area (Å²) in [5, 5.41) is 0. The topological polar surface area (TPSA) is 42.0 Å². The van der Waals surface area contributed by atoms with Gasteiger partial charge in [0.15, 0.2) is 0 Å². The lowest BCUT2D eigenvalue weighted by Crippen LogP contribution is -2.59. The van der Waals surface area contributed by atoms with Gasteiger partial charge < -0.3 is 19.3 Å². The third-order valence-electron chi connectivity index (χ3n) is 7.24. The molecule has 2 aromatic carbocycles. The second-order valence-corrected chi connectivity index (χ2v) is 10.2. The molecule has 176 valence electrons. The first-order chi connectivity index (χ1) is 15.6. The Hall–Kier alpha value is -2.83. The van der Waals surface area contributed by atoms with Crippen molar-refractivity contribution in [3.63, 3.8) is 0 Å². The molecule has 5 rings (SSSR count). The summed E-state index contributed by atoms with van der Waals surface area (Å²) in [6.07, 6.45) is 1.37. The number of anilines is 1. The van der Waals surface area contributed by atoms with Gasteiger partial charge in [-0.15, -0.1) is 0 Å². The number of carbonyl (C=O) groups is 1. The van der Waals surface area contributed by atoms with E-state index in [9.17, 15) is 13.6 Å². The van der Waals surface area contributed by atoms with Crippen molar-refractivity contribution in [3.05, 3.63) is 47.5 Å². The average Bonchev–Trinajstić information content (AvgIpc) is 3.04. The summed E-state index contributed by atoms with van der Waals surface area (Å²) < 4.78 is 41.0. The maximum atomic E-state index is 14.7. The summed E-state index contributed by atoms with van der Waals surface area (Å²) in [7, 11) is 0. The molecule has 3 aliphatic heterocycles. The predicted molar refractivity (Wildman–Crippen MR) is 123 cm³/mol. The van der Waals surface area contributed by atoms with E-state index in [1.807, 2.05) is 26.8 Å². The van der Waals surface area contributed by atoms with E-state index in [4.69, 9.17) is 9.47 Å². The van der Waals surface area contributed by atoms with E-state index in [0.717, 1.165) is 30.6 Å². The smallest absolute Gasteiger partial charge is 0.410 e. The second kappa shape index (κ2) is 7.61. The highest BCUT2D eigenvalue weighted by molar-refractivity contribution is 5.81. The molecule has 1 fully saturated rings. The first-order valence-corrected chi connectivity index (χ1v) is 11.7. The molecule has 0 aliphatic carbocycles. The van der Waals surface area contributed by atoms with Gasteiger partial charge in [-0.25, -0.2) is 13.6 Å². The van der Waals surface area contributed by atoms with Crippen molar-refractivity contribution in [2.24, 2.45) is 0 Å². The molecule has 7 heteroatoms. The van der Waals surface area contributed by atoms with Crippen LogP contribution in [0.2, 0.25) is 0 Å². The highest BCUT2D eigenvalue weighted by Gasteiger charge is 2.55. The van der Waals surface area contributed by atoms with Gasteiger partial charge in [0.25, 0.3) is 0 Å². The van der Waals surface area contributed by atoms with Crippen molar-refractivity contribution in [2.45, 2.75) is 57.6 Å². The van der Waals surface area contributed by atoms with Gasteiger partial charge in [0.1, 0.15) is 29.6 Å². The molecule has 2 unspecified atom stereocenters. The number of carbonyl (C=O) groups excluding carboxylic acids is 1. The number of ether oxygens (including phenoxy) is 2. The van der Waals surface area contributed by atoms with Crippen molar-refractivity contribution in [1.29, 1.82) is 0 Å². The number of fused-ring (bicyclic) bond motifs is 3. The van der Waals surface area contributed by atoms with Crippen molar-refractivity contribution < 1.29 is 23.0 Å². The first kappa shape index (κ1) is 22.0. The highest BCUT2D eigenvalue weighted by Crippen LogP contribution is 2.58. The fraction of sp³-hybridized carbons (Fsp3) is 0.500. The molecular formula is C26H30F2N2O3. The number of piperidine rings is 1. The number of hydrogen-bond donors (Lipinski definition) is 0. The molecule has 3 heterocycles. The van der Waals surface area contributed by atoms with Crippen LogP contribution in [0.4, 0.5) is 19.3 Å². The molecule has 2 atom stereocenters. The van der Waals surface area contributed by atoms with E-state index in [2.05, 4.69) is 11.8 Å². The Balaban J connectivity index is 1.61. The summed E-state index contributed by atoms with van der Waals surface area (Å²) in [5.74, 6) is -0.557. The number of amides is 1. The van der Waals surface area contributed by atoms with Gasteiger partial charge in [0.05, 0.1) is 23.3 Å². The Labute approximate surface area is 193 Å². The summed E-state index contributed by atoms with van der Waals surface area (Å²) in [4.78, 5) is 17.1. The summed E-state index contributed by atoms with van der Waals surface area (Å²) in [6, 6.07) is 7.55. The number of benzene rings is 2. The summed E-state index contributed by atoms with van der Waals surface area (Å²) >= 11 is 0. The molecule has 0 aromatic heterocycles. The van der Waals surface area contributed by atoms with E-state index in [1.165, 1.54) is 18.2 Å². The SMILES string of the molecule is CCC12CCN(C(=O)OC(C)(C)C)CC1c1cc(-c3c(F)cccc3F)cc3c1N2CCO3. The minimum absolute atomic E-state index is 0.00555. The lowest BCUT2D eigenvalue weighted by atomic mass is 9.74.